The molecule has 0 aliphatic carbocycles. The van der Waals surface area contributed by atoms with Crippen LogP contribution in [-0.4, -0.2) is 11.1 Å². The molecule has 0 radical (unpaired) electrons. The van der Waals surface area contributed by atoms with Crippen LogP contribution in [0.2, 0.25) is 0 Å². The fourth-order valence-corrected chi connectivity index (χ4v) is 2.34. The molecule has 1 aromatic heterocycles. The molecule has 0 unspecified atom stereocenters. The molecule has 3 nitrogen and oxygen atoms in total. The molecule has 1 heterocycles. The van der Waals surface area contributed by atoms with Crippen LogP contribution in [0.5, 0.6) is 0 Å². The third kappa shape index (κ3) is 1.24. The molecule has 0 spiro atoms. The standard InChI is InChI=1S/C10H9NO2S/c1-5-9(11)7-4-6(10(12)13)2-3-8(7)14-5/h2-4H,11H2,1H3,(H,12,13). The monoisotopic (exact) mass is 207 g/mol. The molecule has 3 N–H and O–H groups in total. The minimum absolute atomic E-state index is 0.280. The van der Waals surface area contributed by atoms with Crippen molar-refractivity contribution >= 4 is 33.1 Å². The van der Waals surface area contributed by atoms with Crippen molar-refractivity contribution in [2.45, 2.75) is 6.92 Å². The Bertz CT molecular complexity index is 516. The zero-order valence-electron chi connectivity index (χ0n) is 7.57. The second-order valence-corrected chi connectivity index (χ2v) is 4.34. The van der Waals surface area contributed by atoms with E-state index >= 15 is 0 Å². The van der Waals surface area contributed by atoms with Crippen LogP contribution in [-0.2, 0) is 0 Å². The second-order valence-electron chi connectivity index (χ2n) is 3.09. The van der Waals surface area contributed by atoms with Crippen molar-refractivity contribution in [1.82, 2.24) is 0 Å². The zero-order valence-corrected chi connectivity index (χ0v) is 8.39. The topological polar surface area (TPSA) is 63.3 Å². The highest BCUT2D eigenvalue weighted by Crippen LogP contribution is 2.33. The van der Waals surface area contributed by atoms with E-state index in [-0.39, 0.29) is 5.56 Å². The van der Waals surface area contributed by atoms with Crippen molar-refractivity contribution in [1.29, 1.82) is 0 Å². The third-order valence-electron chi connectivity index (χ3n) is 2.16. The molecule has 4 heteroatoms. The van der Waals surface area contributed by atoms with Gasteiger partial charge in [-0.15, -0.1) is 11.3 Å². The number of nitrogens with two attached hydrogens (primary N) is 1. The molecule has 14 heavy (non-hydrogen) atoms. The van der Waals surface area contributed by atoms with Gasteiger partial charge in [0.25, 0.3) is 0 Å². The first-order chi connectivity index (χ1) is 6.59. The number of carbonyl (C=O) groups is 1. The summed E-state index contributed by atoms with van der Waals surface area (Å²) < 4.78 is 1.03. The van der Waals surface area contributed by atoms with Gasteiger partial charge < -0.3 is 10.8 Å². The molecule has 0 saturated carbocycles. The molecule has 0 aliphatic rings. The minimum atomic E-state index is -0.921. The van der Waals surface area contributed by atoms with Crippen molar-refractivity contribution in [2.75, 3.05) is 5.73 Å². The molecule has 0 bridgehead atoms. The highest BCUT2D eigenvalue weighted by molar-refractivity contribution is 7.19. The number of carboxylic acids is 1. The van der Waals surface area contributed by atoms with E-state index in [2.05, 4.69) is 0 Å². The van der Waals surface area contributed by atoms with Gasteiger partial charge in [-0.1, -0.05) is 0 Å². The number of hydrogen-bond donors (Lipinski definition) is 2. The number of aryl methyl sites for hydroxylation is 1. The predicted molar refractivity (Wildman–Crippen MR) is 57.9 cm³/mol. The lowest BCUT2D eigenvalue weighted by Crippen LogP contribution is -1.95. The number of fused-ring (bicyclic) bond motifs is 1. The predicted octanol–water partition coefficient (Wildman–Crippen LogP) is 2.49. The van der Waals surface area contributed by atoms with E-state index in [1.807, 2.05) is 6.92 Å². The summed E-state index contributed by atoms with van der Waals surface area (Å²) in [5.74, 6) is -0.921. The Morgan fingerprint density at radius 1 is 1.50 bits per heavy atom. The van der Waals surface area contributed by atoms with Crippen molar-refractivity contribution in [2.24, 2.45) is 0 Å². The Morgan fingerprint density at radius 3 is 2.86 bits per heavy atom. The third-order valence-corrected chi connectivity index (χ3v) is 3.26. The van der Waals surface area contributed by atoms with Gasteiger partial charge in [-0.3, -0.25) is 0 Å². The molecule has 0 amide bonds. The number of thiophene rings is 1. The SMILES string of the molecule is Cc1sc2ccc(C(=O)O)cc2c1N. The Balaban J connectivity index is 2.76. The average molecular weight is 207 g/mol. The van der Waals surface area contributed by atoms with Gasteiger partial charge in [0, 0.05) is 15.0 Å². The maximum atomic E-state index is 10.7. The lowest BCUT2D eigenvalue weighted by molar-refractivity contribution is 0.0697. The Morgan fingerprint density at radius 2 is 2.21 bits per heavy atom. The molecular formula is C10H9NO2S. The number of rotatable bonds is 1. The molecule has 72 valence electrons. The van der Waals surface area contributed by atoms with Crippen LogP contribution in [0, 0.1) is 6.92 Å². The minimum Gasteiger partial charge on any atom is -0.478 e. The van der Waals surface area contributed by atoms with E-state index in [1.54, 1.807) is 29.5 Å². The van der Waals surface area contributed by atoms with Gasteiger partial charge in [-0.25, -0.2) is 4.79 Å². The first-order valence-electron chi connectivity index (χ1n) is 4.11. The largest absolute Gasteiger partial charge is 0.478 e. The van der Waals surface area contributed by atoms with Gasteiger partial charge in [-0.2, -0.15) is 0 Å². The summed E-state index contributed by atoms with van der Waals surface area (Å²) >= 11 is 1.58. The molecule has 0 saturated heterocycles. The fraction of sp³-hybridized carbons (Fsp3) is 0.100. The average Bonchev–Trinajstić information content (AvgIpc) is 2.43. The van der Waals surface area contributed by atoms with Crippen molar-refractivity contribution in [3.63, 3.8) is 0 Å². The number of benzene rings is 1. The second kappa shape index (κ2) is 2.99. The summed E-state index contributed by atoms with van der Waals surface area (Å²) in [4.78, 5) is 11.8. The van der Waals surface area contributed by atoms with E-state index in [0.717, 1.165) is 15.0 Å². The summed E-state index contributed by atoms with van der Waals surface area (Å²) in [5, 5.41) is 9.64. The molecular weight excluding hydrogens is 198 g/mol. The Kier molecular flexibility index (Phi) is 1.93. The van der Waals surface area contributed by atoms with Crippen LogP contribution in [0.15, 0.2) is 18.2 Å². The molecule has 0 aliphatic heterocycles. The van der Waals surface area contributed by atoms with Crippen LogP contribution >= 0.6 is 11.3 Å². The van der Waals surface area contributed by atoms with Gasteiger partial charge in [0.2, 0.25) is 0 Å². The maximum Gasteiger partial charge on any atom is 0.335 e. The summed E-state index contributed by atoms with van der Waals surface area (Å²) in [7, 11) is 0. The van der Waals surface area contributed by atoms with Crippen LogP contribution in [0.3, 0.4) is 0 Å². The van der Waals surface area contributed by atoms with Crippen LogP contribution in [0.25, 0.3) is 10.1 Å². The van der Waals surface area contributed by atoms with Gasteiger partial charge >= 0.3 is 5.97 Å². The van der Waals surface area contributed by atoms with E-state index in [0.29, 0.717) is 5.69 Å². The summed E-state index contributed by atoms with van der Waals surface area (Å²) in [6.45, 7) is 1.93. The zero-order chi connectivity index (χ0) is 10.3. The number of aromatic carboxylic acids is 1. The van der Waals surface area contributed by atoms with Gasteiger partial charge in [0.05, 0.1) is 11.3 Å². The van der Waals surface area contributed by atoms with Crippen molar-refractivity contribution in [3.8, 4) is 0 Å². The maximum absolute atomic E-state index is 10.7. The number of nitrogen functional groups attached to an aromatic ring is 1. The smallest absolute Gasteiger partial charge is 0.335 e. The number of anilines is 1. The molecule has 2 rings (SSSR count). The fourth-order valence-electron chi connectivity index (χ4n) is 1.37. The van der Waals surface area contributed by atoms with Crippen LogP contribution in [0.4, 0.5) is 5.69 Å². The van der Waals surface area contributed by atoms with Gasteiger partial charge in [0.1, 0.15) is 0 Å². The van der Waals surface area contributed by atoms with Crippen LogP contribution < -0.4 is 5.73 Å². The summed E-state index contributed by atoms with van der Waals surface area (Å²) in [6.07, 6.45) is 0. The lowest BCUT2D eigenvalue weighted by atomic mass is 10.1. The normalized spacial score (nSPS) is 10.6. The Labute approximate surface area is 84.8 Å². The quantitative estimate of drug-likeness (QED) is 0.755. The van der Waals surface area contributed by atoms with E-state index in [4.69, 9.17) is 10.8 Å². The molecule has 0 fully saturated rings. The number of carboxylic acid groups (broad SMARTS) is 1. The van der Waals surface area contributed by atoms with E-state index < -0.39 is 5.97 Å². The highest BCUT2D eigenvalue weighted by Gasteiger charge is 2.09. The first kappa shape index (κ1) is 9.02. The van der Waals surface area contributed by atoms with Crippen LogP contribution in [0.1, 0.15) is 15.2 Å². The number of hydrogen-bond acceptors (Lipinski definition) is 3. The molecule has 0 atom stereocenters. The van der Waals surface area contributed by atoms with E-state index in [9.17, 15) is 4.79 Å². The van der Waals surface area contributed by atoms with Gasteiger partial charge in [-0.05, 0) is 25.1 Å². The van der Waals surface area contributed by atoms with E-state index in [1.165, 1.54) is 0 Å². The van der Waals surface area contributed by atoms with Gasteiger partial charge in [0.15, 0.2) is 0 Å². The Hall–Kier alpha value is -1.55. The first-order valence-corrected chi connectivity index (χ1v) is 4.93. The summed E-state index contributed by atoms with van der Waals surface area (Å²) in [5.41, 5.74) is 6.79. The molecule has 2 aromatic rings. The lowest BCUT2D eigenvalue weighted by Gasteiger charge is -1.95. The van der Waals surface area contributed by atoms with Crippen molar-refractivity contribution in [3.05, 3.63) is 28.6 Å². The summed E-state index contributed by atoms with van der Waals surface area (Å²) in [6, 6.07) is 5.02. The van der Waals surface area contributed by atoms with Crippen molar-refractivity contribution < 1.29 is 9.90 Å². The molecule has 1 aromatic carbocycles. The highest BCUT2D eigenvalue weighted by atomic mass is 32.1.